The number of furan rings is 1. The van der Waals surface area contributed by atoms with Gasteiger partial charge in [0.25, 0.3) is 0 Å². The van der Waals surface area contributed by atoms with E-state index in [1.54, 1.807) is 11.3 Å². The Kier molecular flexibility index (Phi) is 7.00. The Balaban J connectivity index is 1.13. The van der Waals surface area contributed by atoms with Crippen LogP contribution in [0.2, 0.25) is 0 Å². The molecular weight excluding hydrogens is 641 g/mol. The molecule has 10 rings (SSSR count). The van der Waals surface area contributed by atoms with E-state index >= 15 is 0 Å². The predicted molar refractivity (Wildman–Crippen MR) is 215 cm³/mol. The number of hydrogen-bond acceptors (Lipinski definition) is 4. The van der Waals surface area contributed by atoms with Crippen LogP contribution in [0.3, 0.4) is 0 Å². The number of benzene rings is 8. The van der Waals surface area contributed by atoms with E-state index in [4.69, 9.17) is 9.40 Å². The summed E-state index contributed by atoms with van der Waals surface area (Å²) < 4.78 is 7.59. The van der Waals surface area contributed by atoms with Crippen molar-refractivity contribution >= 4 is 71.3 Å². The van der Waals surface area contributed by atoms with Crippen molar-refractivity contribution in [2.75, 3.05) is 4.90 Å². The van der Waals surface area contributed by atoms with Crippen LogP contribution < -0.4 is 4.90 Å². The number of nitrogens with zero attached hydrogens (tertiary/aromatic N) is 2. The smallest absolute Gasteiger partial charge is 0.137 e. The van der Waals surface area contributed by atoms with Gasteiger partial charge in [0, 0.05) is 33.4 Å². The molecule has 0 unspecified atom stereocenters. The fourth-order valence-corrected chi connectivity index (χ4v) is 8.35. The van der Waals surface area contributed by atoms with Crippen LogP contribution in [-0.2, 0) is 0 Å². The third-order valence-electron chi connectivity index (χ3n) is 9.71. The van der Waals surface area contributed by atoms with Crippen molar-refractivity contribution in [2.24, 2.45) is 0 Å². The maximum Gasteiger partial charge on any atom is 0.137 e. The van der Waals surface area contributed by atoms with E-state index < -0.39 is 0 Å². The molecule has 8 aromatic carbocycles. The fourth-order valence-electron chi connectivity index (χ4n) is 7.23. The molecule has 0 spiro atoms. The highest BCUT2D eigenvalue weighted by Crippen LogP contribution is 2.43. The van der Waals surface area contributed by atoms with Crippen molar-refractivity contribution in [2.45, 2.75) is 0 Å². The molecule has 0 aliphatic heterocycles. The van der Waals surface area contributed by atoms with Gasteiger partial charge < -0.3 is 9.32 Å². The molecule has 2 heterocycles. The first-order valence-corrected chi connectivity index (χ1v) is 17.9. The summed E-state index contributed by atoms with van der Waals surface area (Å²) >= 11 is 1.72. The summed E-state index contributed by atoms with van der Waals surface area (Å²) in [6, 6.07) is 64.5. The van der Waals surface area contributed by atoms with E-state index in [-0.39, 0.29) is 0 Å². The Morgan fingerprint density at radius 2 is 1.06 bits per heavy atom. The number of fused-ring (bicyclic) bond motifs is 6. The molecular formula is C47H30N2OS. The number of rotatable bonds is 6. The largest absolute Gasteiger partial charge is 0.456 e. The van der Waals surface area contributed by atoms with Gasteiger partial charge in [-0.05, 0) is 87.6 Å². The van der Waals surface area contributed by atoms with Gasteiger partial charge in [-0.2, -0.15) is 0 Å². The van der Waals surface area contributed by atoms with E-state index in [1.165, 1.54) is 33.0 Å². The lowest BCUT2D eigenvalue weighted by Crippen LogP contribution is -2.09. The molecule has 0 saturated heterocycles. The van der Waals surface area contributed by atoms with Gasteiger partial charge >= 0.3 is 0 Å². The summed E-state index contributed by atoms with van der Waals surface area (Å²) in [4.78, 5) is 7.36. The fraction of sp³-hybridized carbons (Fsp3) is 0. The first-order valence-electron chi connectivity index (χ1n) is 17.1. The van der Waals surface area contributed by atoms with Crippen molar-refractivity contribution in [1.82, 2.24) is 4.98 Å². The van der Waals surface area contributed by atoms with Crippen LogP contribution in [0.25, 0.3) is 75.8 Å². The highest BCUT2D eigenvalue weighted by atomic mass is 32.1. The van der Waals surface area contributed by atoms with Gasteiger partial charge in [0.15, 0.2) is 0 Å². The van der Waals surface area contributed by atoms with Crippen molar-refractivity contribution in [3.63, 3.8) is 0 Å². The molecule has 0 N–H and O–H groups in total. The normalized spacial score (nSPS) is 11.5. The Morgan fingerprint density at radius 3 is 1.82 bits per heavy atom. The van der Waals surface area contributed by atoms with Crippen LogP contribution in [0.4, 0.5) is 17.1 Å². The first-order chi connectivity index (χ1) is 25.3. The second-order valence-electron chi connectivity index (χ2n) is 12.8. The molecule has 3 nitrogen and oxygen atoms in total. The third-order valence-corrected chi connectivity index (χ3v) is 10.8. The van der Waals surface area contributed by atoms with Crippen LogP contribution in [0.15, 0.2) is 186 Å². The Bertz CT molecular complexity index is 2830. The molecule has 0 fully saturated rings. The Labute approximate surface area is 299 Å². The van der Waals surface area contributed by atoms with Crippen molar-refractivity contribution in [3.8, 4) is 32.8 Å². The van der Waals surface area contributed by atoms with E-state index in [1.807, 2.05) is 6.07 Å². The van der Waals surface area contributed by atoms with Gasteiger partial charge in [-0.25, -0.2) is 4.98 Å². The molecule has 0 amide bonds. The minimum Gasteiger partial charge on any atom is -0.456 e. The SMILES string of the molecule is c1ccc(-c2ccc(N(c3ccc(-c4cccc5ccccc45)cc3)c3ccc4oc5ccc6nc(-c7ccccc7)sc6c5c4c3)cc2)cc1. The third kappa shape index (κ3) is 5.16. The molecule has 0 saturated carbocycles. The van der Waals surface area contributed by atoms with Crippen molar-refractivity contribution in [3.05, 3.63) is 182 Å². The Hall–Kier alpha value is -6.49. The van der Waals surface area contributed by atoms with Gasteiger partial charge in [-0.1, -0.05) is 127 Å². The first kappa shape index (κ1) is 29.4. The molecule has 240 valence electrons. The summed E-state index contributed by atoms with van der Waals surface area (Å²) in [7, 11) is 0. The van der Waals surface area contributed by atoms with Gasteiger partial charge in [0.1, 0.15) is 16.2 Å². The predicted octanol–water partition coefficient (Wildman–Crippen LogP) is 13.8. The standard InChI is InChI=1S/C47H30N2OS/c1-3-10-31(11-4-1)32-18-22-36(23-19-32)49(37-24-20-34(21-25-37)40-17-9-15-33-12-7-8-16-39(33)40)38-26-28-43-41(30-38)45-44(50-43)29-27-42-46(45)51-47(48-42)35-13-5-2-6-14-35/h1-30H. The summed E-state index contributed by atoms with van der Waals surface area (Å²) in [5.74, 6) is 0. The number of anilines is 3. The number of hydrogen-bond donors (Lipinski definition) is 0. The molecule has 0 radical (unpaired) electrons. The minimum absolute atomic E-state index is 0.863. The lowest BCUT2D eigenvalue weighted by atomic mass is 9.98. The van der Waals surface area contributed by atoms with Gasteiger partial charge in [0.2, 0.25) is 0 Å². The van der Waals surface area contributed by atoms with E-state index in [9.17, 15) is 0 Å². The molecule has 0 bridgehead atoms. The van der Waals surface area contributed by atoms with Crippen molar-refractivity contribution < 1.29 is 4.42 Å². The highest BCUT2D eigenvalue weighted by molar-refractivity contribution is 7.22. The summed E-state index contributed by atoms with van der Waals surface area (Å²) in [6.45, 7) is 0. The van der Waals surface area contributed by atoms with Crippen LogP contribution >= 0.6 is 11.3 Å². The summed E-state index contributed by atoms with van der Waals surface area (Å²) in [6.07, 6.45) is 0. The second-order valence-corrected chi connectivity index (χ2v) is 13.8. The van der Waals surface area contributed by atoms with Crippen molar-refractivity contribution in [1.29, 1.82) is 0 Å². The monoisotopic (exact) mass is 670 g/mol. The average Bonchev–Trinajstić information content (AvgIpc) is 3.81. The van der Waals surface area contributed by atoms with E-state index in [0.717, 1.165) is 59.8 Å². The molecule has 0 atom stereocenters. The van der Waals surface area contributed by atoms with Gasteiger partial charge in [-0.15, -0.1) is 11.3 Å². The lowest BCUT2D eigenvalue weighted by molar-refractivity contribution is 0.669. The minimum atomic E-state index is 0.863. The maximum atomic E-state index is 6.45. The quantitative estimate of drug-likeness (QED) is 0.176. The molecule has 4 heteroatoms. The van der Waals surface area contributed by atoms with Gasteiger partial charge in [-0.3, -0.25) is 0 Å². The zero-order chi connectivity index (χ0) is 33.7. The summed E-state index contributed by atoms with van der Waals surface area (Å²) in [5.41, 5.74) is 11.9. The van der Waals surface area contributed by atoms with Crippen LogP contribution in [0, 0.1) is 0 Å². The summed E-state index contributed by atoms with van der Waals surface area (Å²) in [5, 5.41) is 5.69. The Morgan fingerprint density at radius 1 is 0.451 bits per heavy atom. The van der Waals surface area contributed by atoms with Crippen LogP contribution in [-0.4, -0.2) is 4.98 Å². The molecule has 0 aliphatic rings. The van der Waals surface area contributed by atoms with Gasteiger partial charge in [0.05, 0.1) is 10.2 Å². The highest BCUT2D eigenvalue weighted by Gasteiger charge is 2.19. The lowest BCUT2D eigenvalue weighted by Gasteiger charge is -2.26. The van der Waals surface area contributed by atoms with Crippen LogP contribution in [0.5, 0.6) is 0 Å². The topological polar surface area (TPSA) is 29.3 Å². The maximum absolute atomic E-state index is 6.45. The average molecular weight is 671 g/mol. The molecule has 51 heavy (non-hydrogen) atoms. The number of thiazole rings is 1. The molecule has 0 aliphatic carbocycles. The second kappa shape index (κ2) is 12.1. The zero-order valence-corrected chi connectivity index (χ0v) is 28.3. The van der Waals surface area contributed by atoms with E-state index in [0.29, 0.717) is 0 Å². The van der Waals surface area contributed by atoms with Crippen LogP contribution in [0.1, 0.15) is 0 Å². The molecule has 2 aromatic heterocycles. The number of aromatic nitrogens is 1. The zero-order valence-electron chi connectivity index (χ0n) is 27.5. The van der Waals surface area contributed by atoms with E-state index in [2.05, 4.69) is 181 Å². The molecule has 10 aromatic rings.